The Bertz CT molecular complexity index is 439. The third-order valence-corrected chi connectivity index (χ3v) is 4.10. The molecule has 3 nitrogen and oxygen atoms in total. The van der Waals surface area contributed by atoms with Gasteiger partial charge in [-0.3, -0.25) is 4.79 Å². The smallest absolute Gasteiger partial charge is 0.227 e. The largest absolute Gasteiger partial charge is 0.497 e. The van der Waals surface area contributed by atoms with Crippen LogP contribution in [0.4, 0.5) is 5.69 Å². The van der Waals surface area contributed by atoms with Crippen molar-refractivity contribution in [3.05, 3.63) is 23.2 Å². The number of carbonyl (C=O) groups is 1. The maximum atomic E-state index is 11.9. The van der Waals surface area contributed by atoms with Crippen LogP contribution in [0.15, 0.2) is 18.2 Å². The zero-order valence-corrected chi connectivity index (χ0v) is 11.8. The number of amides is 1. The van der Waals surface area contributed by atoms with Crippen LogP contribution in [-0.2, 0) is 4.79 Å². The summed E-state index contributed by atoms with van der Waals surface area (Å²) in [4.78, 5) is 13.6. The molecule has 0 spiro atoms. The lowest BCUT2D eigenvalue weighted by Crippen LogP contribution is -2.25. The molecule has 0 aromatic heterocycles. The Morgan fingerprint density at radius 2 is 2.35 bits per heavy atom. The van der Waals surface area contributed by atoms with Crippen LogP contribution < -0.4 is 9.64 Å². The van der Waals surface area contributed by atoms with Gasteiger partial charge in [-0.1, -0.05) is 27.5 Å². The fraction of sp³-hybridized carbons (Fsp3) is 0.417. The minimum Gasteiger partial charge on any atom is -0.497 e. The van der Waals surface area contributed by atoms with Gasteiger partial charge < -0.3 is 9.64 Å². The van der Waals surface area contributed by atoms with E-state index >= 15 is 0 Å². The van der Waals surface area contributed by atoms with Crippen LogP contribution in [0.5, 0.6) is 5.75 Å². The molecule has 92 valence electrons. The molecule has 0 radical (unpaired) electrons. The molecule has 1 aromatic carbocycles. The molecular formula is C12H13BrClNO2. The van der Waals surface area contributed by atoms with Crippen LogP contribution in [0.2, 0.25) is 5.02 Å². The molecule has 1 aromatic rings. The topological polar surface area (TPSA) is 29.5 Å². The lowest BCUT2D eigenvalue weighted by molar-refractivity contribution is -0.117. The molecule has 0 aliphatic carbocycles. The number of rotatable bonds is 3. The number of benzene rings is 1. The predicted molar refractivity (Wildman–Crippen MR) is 72.3 cm³/mol. The highest BCUT2D eigenvalue weighted by molar-refractivity contribution is 9.09. The maximum absolute atomic E-state index is 11.9. The van der Waals surface area contributed by atoms with Gasteiger partial charge in [0.25, 0.3) is 0 Å². The average molecular weight is 319 g/mol. The first kappa shape index (κ1) is 12.7. The Balaban J connectivity index is 2.30. The second kappa shape index (κ2) is 5.27. The number of alkyl halides is 1. The molecule has 2 rings (SSSR count). The molecule has 0 saturated carbocycles. The minimum atomic E-state index is 0.115. The van der Waals surface area contributed by atoms with E-state index in [1.54, 1.807) is 30.2 Å². The molecule has 1 aliphatic heterocycles. The summed E-state index contributed by atoms with van der Waals surface area (Å²) in [5, 5.41) is 1.41. The van der Waals surface area contributed by atoms with Gasteiger partial charge in [0.05, 0.1) is 17.8 Å². The number of ether oxygens (including phenoxy) is 1. The number of anilines is 1. The van der Waals surface area contributed by atoms with Gasteiger partial charge in [0.15, 0.2) is 0 Å². The molecule has 17 heavy (non-hydrogen) atoms. The van der Waals surface area contributed by atoms with E-state index in [1.165, 1.54) is 0 Å². The number of halogens is 2. The van der Waals surface area contributed by atoms with E-state index in [2.05, 4.69) is 15.9 Å². The first-order valence-electron chi connectivity index (χ1n) is 5.35. The van der Waals surface area contributed by atoms with Crippen molar-refractivity contribution >= 4 is 39.1 Å². The van der Waals surface area contributed by atoms with E-state index in [1.807, 2.05) is 0 Å². The molecule has 1 fully saturated rings. The summed E-state index contributed by atoms with van der Waals surface area (Å²) in [7, 11) is 1.60. The van der Waals surface area contributed by atoms with Crippen LogP contribution in [-0.4, -0.2) is 24.9 Å². The molecule has 0 N–H and O–H groups in total. The van der Waals surface area contributed by atoms with E-state index in [-0.39, 0.29) is 5.91 Å². The molecule has 5 heteroatoms. The van der Waals surface area contributed by atoms with Crippen molar-refractivity contribution in [2.75, 3.05) is 23.9 Å². The third kappa shape index (κ3) is 2.58. The van der Waals surface area contributed by atoms with Gasteiger partial charge >= 0.3 is 0 Å². The summed E-state index contributed by atoms with van der Waals surface area (Å²) in [5.41, 5.74) is 0.736. The summed E-state index contributed by atoms with van der Waals surface area (Å²) in [6, 6.07) is 5.34. The highest BCUT2D eigenvalue weighted by Crippen LogP contribution is 2.34. The van der Waals surface area contributed by atoms with Gasteiger partial charge in [0.1, 0.15) is 5.75 Å². The molecule has 1 amide bonds. The Morgan fingerprint density at radius 1 is 1.59 bits per heavy atom. The quantitative estimate of drug-likeness (QED) is 0.802. The fourth-order valence-electron chi connectivity index (χ4n) is 1.94. The summed E-state index contributed by atoms with van der Waals surface area (Å²) < 4.78 is 5.15. The van der Waals surface area contributed by atoms with E-state index in [9.17, 15) is 4.79 Å². The van der Waals surface area contributed by atoms with Crippen LogP contribution in [0, 0.1) is 5.92 Å². The van der Waals surface area contributed by atoms with E-state index in [4.69, 9.17) is 16.3 Å². The van der Waals surface area contributed by atoms with E-state index in [0.717, 1.165) is 11.0 Å². The molecule has 0 bridgehead atoms. The second-order valence-electron chi connectivity index (χ2n) is 4.05. The second-order valence-corrected chi connectivity index (χ2v) is 5.10. The fourth-order valence-corrected chi connectivity index (χ4v) is 2.60. The number of nitrogens with zero attached hydrogens (tertiary/aromatic N) is 1. The molecule has 1 aliphatic rings. The summed E-state index contributed by atoms with van der Waals surface area (Å²) >= 11 is 9.54. The number of carbonyl (C=O) groups excluding carboxylic acids is 1. The average Bonchev–Trinajstić information content (AvgIpc) is 2.71. The van der Waals surface area contributed by atoms with Crippen molar-refractivity contribution in [3.63, 3.8) is 0 Å². The summed E-state index contributed by atoms with van der Waals surface area (Å²) in [6.45, 7) is 0.705. The van der Waals surface area contributed by atoms with Crippen LogP contribution >= 0.6 is 27.5 Å². The Labute approximate surface area is 114 Å². The van der Waals surface area contributed by atoms with Crippen molar-refractivity contribution in [1.29, 1.82) is 0 Å². The Kier molecular flexibility index (Phi) is 3.94. The van der Waals surface area contributed by atoms with E-state index in [0.29, 0.717) is 29.7 Å². The molecule has 1 saturated heterocycles. The standard InChI is InChI=1S/C12H13BrClNO2/c1-17-9-2-3-10(14)11(5-9)15-7-8(6-13)4-12(15)16/h2-3,5,8H,4,6-7H2,1H3. The van der Waals surface area contributed by atoms with Crippen LogP contribution in [0.25, 0.3) is 0 Å². The summed E-state index contributed by atoms with van der Waals surface area (Å²) in [5.74, 6) is 1.17. The lowest BCUT2D eigenvalue weighted by Gasteiger charge is -2.18. The van der Waals surface area contributed by atoms with Crippen LogP contribution in [0.3, 0.4) is 0 Å². The number of hydrogen-bond donors (Lipinski definition) is 0. The summed E-state index contributed by atoms with van der Waals surface area (Å²) in [6.07, 6.45) is 0.568. The minimum absolute atomic E-state index is 0.115. The van der Waals surface area contributed by atoms with Crippen LogP contribution in [0.1, 0.15) is 6.42 Å². The van der Waals surface area contributed by atoms with Crippen molar-refractivity contribution in [1.82, 2.24) is 0 Å². The van der Waals surface area contributed by atoms with Gasteiger partial charge in [-0.15, -0.1) is 0 Å². The number of hydrogen-bond acceptors (Lipinski definition) is 2. The van der Waals surface area contributed by atoms with Gasteiger partial charge in [0, 0.05) is 24.4 Å². The zero-order valence-electron chi connectivity index (χ0n) is 9.45. The first-order chi connectivity index (χ1) is 8.15. The van der Waals surface area contributed by atoms with Crippen molar-refractivity contribution in [2.24, 2.45) is 5.92 Å². The highest BCUT2D eigenvalue weighted by Gasteiger charge is 2.31. The zero-order chi connectivity index (χ0) is 12.4. The highest BCUT2D eigenvalue weighted by atomic mass is 79.9. The Morgan fingerprint density at radius 3 is 2.94 bits per heavy atom. The molecule has 1 unspecified atom stereocenters. The first-order valence-corrected chi connectivity index (χ1v) is 6.85. The normalized spacial score (nSPS) is 19.8. The van der Waals surface area contributed by atoms with Gasteiger partial charge in [-0.25, -0.2) is 0 Å². The van der Waals surface area contributed by atoms with Crippen molar-refractivity contribution < 1.29 is 9.53 Å². The molecule has 1 heterocycles. The monoisotopic (exact) mass is 317 g/mol. The predicted octanol–water partition coefficient (Wildman–Crippen LogP) is 3.10. The third-order valence-electron chi connectivity index (χ3n) is 2.87. The van der Waals surface area contributed by atoms with Gasteiger partial charge in [0.2, 0.25) is 5.91 Å². The maximum Gasteiger partial charge on any atom is 0.227 e. The lowest BCUT2D eigenvalue weighted by atomic mass is 10.2. The molecular weight excluding hydrogens is 305 g/mol. The van der Waals surface area contributed by atoms with Crippen molar-refractivity contribution in [2.45, 2.75) is 6.42 Å². The van der Waals surface area contributed by atoms with Crippen molar-refractivity contribution in [3.8, 4) is 5.75 Å². The van der Waals surface area contributed by atoms with Gasteiger partial charge in [-0.2, -0.15) is 0 Å². The Hall–Kier alpha value is -0.740. The number of methoxy groups -OCH3 is 1. The van der Waals surface area contributed by atoms with Gasteiger partial charge in [-0.05, 0) is 18.1 Å². The molecule has 1 atom stereocenters. The SMILES string of the molecule is COc1ccc(Cl)c(N2CC(CBr)CC2=O)c1. The van der Waals surface area contributed by atoms with E-state index < -0.39 is 0 Å².